The third-order valence-electron chi connectivity index (χ3n) is 2.11. The predicted molar refractivity (Wildman–Crippen MR) is 51.6 cm³/mol. The second-order valence-electron chi connectivity index (χ2n) is 2.99. The maximum Gasteiger partial charge on any atom is 0.248 e. The fourth-order valence-electron chi connectivity index (χ4n) is 1.33. The molecule has 1 aromatic heterocycles. The number of benzene rings is 1. The van der Waals surface area contributed by atoms with E-state index in [9.17, 15) is 0 Å². The van der Waals surface area contributed by atoms with Gasteiger partial charge in [0.25, 0.3) is 0 Å². The molecule has 14 heavy (non-hydrogen) atoms. The van der Waals surface area contributed by atoms with E-state index in [0.717, 1.165) is 6.54 Å². The summed E-state index contributed by atoms with van der Waals surface area (Å²) in [4.78, 5) is 0. The Morgan fingerprint density at radius 1 is 1.21 bits per heavy atom. The highest BCUT2D eigenvalue weighted by Crippen LogP contribution is 2.03. The maximum absolute atomic E-state index is 2.15. The predicted octanol–water partition coefficient (Wildman–Crippen LogP) is -1.21. The van der Waals surface area contributed by atoms with Crippen molar-refractivity contribution in [3.05, 3.63) is 49.1 Å². The number of nitrogens with zero attached hydrogens (tertiary/aromatic N) is 2. The Bertz CT molecular complexity index is 381. The normalized spacial score (nSPS) is 9.50. The first-order chi connectivity index (χ1) is 6.40. The van der Waals surface area contributed by atoms with E-state index < -0.39 is 0 Å². The van der Waals surface area contributed by atoms with Crippen LogP contribution in [0.1, 0.15) is 6.92 Å². The largest absolute Gasteiger partial charge is 1.00 e. The SMILES string of the molecule is CC[n+]1ccn(-c2ccccc2)c1.[I-]. The van der Waals surface area contributed by atoms with Crippen molar-refractivity contribution in [3.8, 4) is 5.69 Å². The van der Waals surface area contributed by atoms with E-state index >= 15 is 0 Å². The van der Waals surface area contributed by atoms with Gasteiger partial charge in [-0.25, -0.2) is 9.13 Å². The number of hydrogen-bond donors (Lipinski definition) is 0. The number of aromatic nitrogens is 2. The summed E-state index contributed by atoms with van der Waals surface area (Å²) in [5, 5.41) is 0. The van der Waals surface area contributed by atoms with Gasteiger partial charge in [-0.2, -0.15) is 0 Å². The summed E-state index contributed by atoms with van der Waals surface area (Å²) in [7, 11) is 0. The van der Waals surface area contributed by atoms with E-state index in [0.29, 0.717) is 0 Å². The summed E-state index contributed by atoms with van der Waals surface area (Å²) in [6, 6.07) is 10.3. The van der Waals surface area contributed by atoms with Crippen LogP contribution in [0.3, 0.4) is 0 Å². The number of para-hydroxylation sites is 1. The van der Waals surface area contributed by atoms with Gasteiger partial charge in [0.1, 0.15) is 18.1 Å². The summed E-state index contributed by atoms with van der Waals surface area (Å²) in [5.41, 5.74) is 1.20. The van der Waals surface area contributed by atoms with Crippen LogP contribution in [-0.2, 0) is 6.54 Å². The first kappa shape index (κ1) is 11.2. The molecule has 2 aromatic rings. The first-order valence-corrected chi connectivity index (χ1v) is 4.52. The molecule has 0 unspecified atom stereocenters. The summed E-state index contributed by atoms with van der Waals surface area (Å²) in [6.45, 7) is 3.15. The number of hydrogen-bond acceptors (Lipinski definition) is 0. The van der Waals surface area contributed by atoms with Gasteiger partial charge in [0.15, 0.2) is 0 Å². The van der Waals surface area contributed by atoms with Gasteiger partial charge in [-0.15, -0.1) is 0 Å². The Hall–Kier alpha value is -0.840. The van der Waals surface area contributed by atoms with Crippen molar-refractivity contribution in [1.29, 1.82) is 0 Å². The van der Waals surface area contributed by atoms with Gasteiger partial charge in [0.05, 0.1) is 6.54 Å². The van der Waals surface area contributed by atoms with Crippen molar-refractivity contribution in [2.75, 3.05) is 0 Å². The molecule has 0 amide bonds. The third kappa shape index (κ3) is 2.35. The quantitative estimate of drug-likeness (QED) is 0.486. The van der Waals surface area contributed by atoms with E-state index in [1.54, 1.807) is 0 Å². The lowest BCUT2D eigenvalue weighted by Crippen LogP contribution is -3.00. The van der Waals surface area contributed by atoms with E-state index in [1.165, 1.54) is 5.69 Å². The Labute approximate surface area is 101 Å². The monoisotopic (exact) mass is 300 g/mol. The Morgan fingerprint density at radius 2 is 1.93 bits per heavy atom. The topological polar surface area (TPSA) is 8.81 Å². The standard InChI is InChI=1S/C11H13N2.HI/c1-2-12-8-9-13(10-12)11-6-4-3-5-7-11;/h3-10H,2H2,1H3;1H/q+1;/p-1. The highest BCUT2D eigenvalue weighted by molar-refractivity contribution is 5.30. The molecule has 0 bridgehead atoms. The van der Waals surface area contributed by atoms with Crippen LogP contribution in [0.5, 0.6) is 0 Å². The molecule has 74 valence electrons. The van der Waals surface area contributed by atoms with Crippen molar-refractivity contribution in [3.63, 3.8) is 0 Å². The zero-order valence-corrected chi connectivity index (χ0v) is 10.3. The second-order valence-corrected chi connectivity index (χ2v) is 2.99. The van der Waals surface area contributed by atoms with Crippen LogP contribution < -0.4 is 28.5 Å². The molecule has 2 nitrogen and oxygen atoms in total. The van der Waals surface area contributed by atoms with E-state index in [1.807, 2.05) is 18.2 Å². The van der Waals surface area contributed by atoms with Crippen LogP contribution in [0.15, 0.2) is 49.1 Å². The highest BCUT2D eigenvalue weighted by Gasteiger charge is 2.02. The van der Waals surface area contributed by atoms with Crippen LogP contribution in [-0.4, -0.2) is 4.57 Å². The summed E-state index contributed by atoms with van der Waals surface area (Å²) < 4.78 is 4.26. The molecule has 0 atom stereocenters. The number of imidazole rings is 1. The summed E-state index contributed by atoms with van der Waals surface area (Å²) >= 11 is 0. The molecule has 0 aliphatic rings. The lowest BCUT2D eigenvalue weighted by molar-refractivity contribution is -0.692. The van der Waals surface area contributed by atoms with Crippen LogP contribution in [0.25, 0.3) is 5.69 Å². The fraction of sp³-hybridized carbons (Fsp3) is 0.182. The van der Waals surface area contributed by atoms with Crippen LogP contribution >= 0.6 is 0 Å². The van der Waals surface area contributed by atoms with Gasteiger partial charge in [0, 0.05) is 0 Å². The van der Waals surface area contributed by atoms with E-state index in [-0.39, 0.29) is 24.0 Å². The van der Waals surface area contributed by atoms with Gasteiger partial charge in [-0.3, -0.25) is 0 Å². The number of halogens is 1. The van der Waals surface area contributed by atoms with Crippen LogP contribution in [0, 0.1) is 0 Å². The Morgan fingerprint density at radius 3 is 2.50 bits per heavy atom. The molecule has 3 heteroatoms. The van der Waals surface area contributed by atoms with Gasteiger partial charge in [-0.05, 0) is 19.1 Å². The lowest BCUT2D eigenvalue weighted by atomic mass is 10.3. The van der Waals surface area contributed by atoms with Gasteiger partial charge in [0.2, 0.25) is 6.33 Å². The maximum atomic E-state index is 2.15. The fourth-order valence-corrected chi connectivity index (χ4v) is 1.33. The number of rotatable bonds is 2. The van der Waals surface area contributed by atoms with Crippen LogP contribution in [0.2, 0.25) is 0 Å². The van der Waals surface area contributed by atoms with Gasteiger partial charge >= 0.3 is 0 Å². The lowest BCUT2D eigenvalue weighted by Gasteiger charge is -1.92. The molecular weight excluding hydrogens is 287 g/mol. The smallest absolute Gasteiger partial charge is 0.248 e. The molecule has 1 aromatic carbocycles. The zero-order valence-electron chi connectivity index (χ0n) is 8.10. The minimum atomic E-state index is 0. The molecular formula is C11H13IN2. The molecule has 0 aliphatic heterocycles. The summed E-state index contributed by atoms with van der Waals surface area (Å²) in [5.74, 6) is 0. The minimum Gasteiger partial charge on any atom is -1.00 e. The van der Waals surface area contributed by atoms with Gasteiger partial charge in [-0.1, -0.05) is 18.2 Å². The molecule has 0 spiro atoms. The van der Waals surface area contributed by atoms with E-state index in [4.69, 9.17) is 0 Å². The molecule has 1 heterocycles. The van der Waals surface area contributed by atoms with Gasteiger partial charge < -0.3 is 24.0 Å². The minimum absolute atomic E-state index is 0. The number of aryl methyl sites for hydroxylation is 1. The first-order valence-electron chi connectivity index (χ1n) is 4.52. The average molecular weight is 300 g/mol. The molecule has 0 N–H and O–H groups in total. The molecule has 0 aliphatic carbocycles. The third-order valence-corrected chi connectivity index (χ3v) is 2.11. The van der Waals surface area contributed by atoms with Crippen molar-refractivity contribution in [2.24, 2.45) is 0 Å². The second kappa shape index (κ2) is 5.14. The Kier molecular flexibility index (Phi) is 4.13. The van der Waals surface area contributed by atoms with E-state index in [2.05, 4.69) is 46.9 Å². The molecule has 0 fully saturated rings. The highest BCUT2D eigenvalue weighted by atomic mass is 127. The molecule has 0 radical (unpaired) electrons. The van der Waals surface area contributed by atoms with Crippen molar-refractivity contribution in [1.82, 2.24) is 4.57 Å². The summed E-state index contributed by atoms with van der Waals surface area (Å²) in [6.07, 6.45) is 6.24. The van der Waals surface area contributed by atoms with Crippen LogP contribution in [0.4, 0.5) is 0 Å². The average Bonchev–Trinajstić information content (AvgIpc) is 2.67. The molecule has 2 rings (SSSR count). The molecule has 0 saturated heterocycles. The van der Waals surface area contributed by atoms with Crippen molar-refractivity contribution in [2.45, 2.75) is 13.5 Å². The van der Waals surface area contributed by atoms with Crippen molar-refractivity contribution < 1.29 is 28.5 Å². The zero-order chi connectivity index (χ0) is 9.10. The molecule has 0 saturated carbocycles. The van der Waals surface area contributed by atoms with Crippen molar-refractivity contribution >= 4 is 0 Å². The Balaban J connectivity index is 0.000000980.